The third kappa shape index (κ3) is 5.40. The van der Waals surface area contributed by atoms with Crippen molar-refractivity contribution in [2.45, 2.75) is 38.7 Å². The molecule has 1 aromatic carbocycles. The van der Waals surface area contributed by atoms with E-state index in [0.717, 1.165) is 6.08 Å². The third-order valence-corrected chi connectivity index (χ3v) is 3.93. The first-order chi connectivity index (χ1) is 12.9. The zero-order valence-corrected chi connectivity index (χ0v) is 14.9. The maximum atomic E-state index is 13.0. The van der Waals surface area contributed by atoms with Gasteiger partial charge in [-0.3, -0.25) is 0 Å². The van der Waals surface area contributed by atoms with E-state index in [0.29, 0.717) is 18.6 Å². The van der Waals surface area contributed by atoms with Gasteiger partial charge in [-0.05, 0) is 49.2 Å². The molecule has 1 aromatic heterocycles. The molecule has 0 aliphatic carbocycles. The summed E-state index contributed by atoms with van der Waals surface area (Å²) in [4.78, 5) is 11.7. The Kier molecular flexibility index (Phi) is 6.26. The standard InChI is InChI=1S/C19H17F6NO2/c1-3-12(2)28-17(27)6-8-26-7-4-5-16(26)13-9-14(18(20,21)22)11-15(10-13)19(23,24)25/h4-12H,3H2,1-2H3/b8-6-. The molecule has 1 heterocycles. The summed E-state index contributed by atoms with van der Waals surface area (Å²) in [7, 11) is 0. The smallest absolute Gasteiger partial charge is 0.416 e. The first-order valence-corrected chi connectivity index (χ1v) is 8.27. The molecule has 152 valence electrons. The summed E-state index contributed by atoms with van der Waals surface area (Å²) < 4.78 is 84.5. The fourth-order valence-electron chi connectivity index (χ4n) is 2.33. The van der Waals surface area contributed by atoms with Crippen molar-refractivity contribution in [2.75, 3.05) is 0 Å². The van der Waals surface area contributed by atoms with Crippen LogP contribution in [0.5, 0.6) is 0 Å². The number of rotatable bonds is 5. The highest BCUT2D eigenvalue weighted by Gasteiger charge is 2.37. The summed E-state index contributed by atoms with van der Waals surface area (Å²) in [5.74, 6) is -0.672. The number of carbonyl (C=O) groups is 1. The second-order valence-corrected chi connectivity index (χ2v) is 6.07. The Balaban J connectivity index is 2.44. The predicted molar refractivity (Wildman–Crippen MR) is 91.0 cm³/mol. The van der Waals surface area contributed by atoms with Gasteiger partial charge in [-0.25, -0.2) is 4.79 Å². The summed E-state index contributed by atoms with van der Waals surface area (Å²) >= 11 is 0. The number of carbonyl (C=O) groups excluding carboxylic acids is 1. The minimum Gasteiger partial charge on any atom is -0.459 e. The van der Waals surface area contributed by atoms with Crippen LogP contribution in [0.25, 0.3) is 17.5 Å². The predicted octanol–water partition coefficient (Wildman–Crippen LogP) is 6.01. The van der Waals surface area contributed by atoms with Gasteiger partial charge >= 0.3 is 18.3 Å². The summed E-state index contributed by atoms with van der Waals surface area (Å²) in [6.07, 6.45) is -5.94. The van der Waals surface area contributed by atoms with Gasteiger partial charge in [-0.2, -0.15) is 26.3 Å². The largest absolute Gasteiger partial charge is 0.459 e. The summed E-state index contributed by atoms with van der Waals surface area (Å²) in [5, 5.41) is 0. The van der Waals surface area contributed by atoms with Crippen LogP contribution in [0.2, 0.25) is 0 Å². The maximum Gasteiger partial charge on any atom is 0.416 e. The Morgan fingerprint density at radius 1 is 1.11 bits per heavy atom. The molecule has 2 rings (SSSR count). The minimum absolute atomic E-state index is 0.0594. The van der Waals surface area contributed by atoms with Crippen molar-refractivity contribution < 1.29 is 35.9 Å². The van der Waals surface area contributed by atoms with Gasteiger partial charge in [0.2, 0.25) is 0 Å². The highest BCUT2D eigenvalue weighted by atomic mass is 19.4. The van der Waals surface area contributed by atoms with Crippen LogP contribution in [-0.4, -0.2) is 16.6 Å². The number of hydrogen-bond donors (Lipinski definition) is 0. The van der Waals surface area contributed by atoms with E-state index in [2.05, 4.69) is 0 Å². The van der Waals surface area contributed by atoms with Crippen molar-refractivity contribution in [1.29, 1.82) is 0 Å². The second kappa shape index (κ2) is 8.12. The number of hydrogen-bond acceptors (Lipinski definition) is 2. The molecule has 0 saturated carbocycles. The van der Waals surface area contributed by atoms with Gasteiger partial charge in [0.15, 0.2) is 0 Å². The van der Waals surface area contributed by atoms with Crippen molar-refractivity contribution >= 4 is 12.2 Å². The van der Waals surface area contributed by atoms with Gasteiger partial charge in [-0.15, -0.1) is 0 Å². The van der Waals surface area contributed by atoms with Crippen LogP contribution in [0.3, 0.4) is 0 Å². The van der Waals surface area contributed by atoms with E-state index in [-0.39, 0.29) is 23.4 Å². The molecule has 28 heavy (non-hydrogen) atoms. The number of nitrogens with zero attached hydrogens (tertiary/aromatic N) is 1. The van der Waals surface area contributed by atoms with E-state index in [4.69, 9.17) is 4.74 Å². The van der Waals surface area contributed by atoms with Gasteiger partial charge in [0.05, 0.1) is 22.9 Å². The molecule has 0 radical (unpaired) electrons. The average Bonchev–Trinajstić information content (AvgIpc) is 3.06. The van der Waals surface area contributed by atoms with Crippen molar-refractivity contribution in [3.63, 3.8) is 0 Å². The van der Waals surface area contributed by atoms with Crippen LogP contribution in [0.4, 0.5) is 26.3 Å². The third-order valence-electron chi connectivity index (χ3n) is 3.93. The normalized spacial score (nSPS) is 13.7. The Hall–Kier alpha value is -2.71. The van der Waals surface area contributed by atoms with Gasteiger partial charge < -0.3 is 9.30 Å². The number of ether oxygens (including phenoxy) is 1. The second-order valence-electron chi connectivity index (χ2n) is 6.07. The highest BCUT2D eigenvalue weighted by molar-refractivity contribution is 5.85. The van der Waals surface area contributed by atoms with Crippen molar-refractivity contribution in [3.05, 3.63) is 53.7 Å². The molecule has 0 bridgehead atoms. The molecular weight excluding hydrogens is 388 g/mol. The number of benzene rings is 1. The molecular formula is C19H17F6NO2. The van der Waals surface area contributed by atoms with Crippen LogP contribution in [0, 0.1) is 0 Å². The molecule has 9 heteroatoms. The molecule has 0 aliphatic heterocycles. The molecule has 0 spiro atoms. The van der Waals surface area contributed by atoms with E-state index in [1.165, 1.54) is 29.1 Å². The number of halogens is 6. The Labute approximate surface area is 157 Å². The highest BCUT2D eigenvalue weighted by Crippen LogP contribution is 2.38. The van der Waals surface area contributed by atoms with E-state index < -0.39 is 29.4 Å². The van der Waals surface area contributed by atoms with Gasteiger partial charge in [0, 0.05) is 18.5 Å². The van der Waals surface area contributed by atoms with E-state index in [9.17, 15) is 31.1 Å². The molecule has 1 atom stereocenters. The lowest BCUT2D eigenvalue weighted by molar-refractivity contribution is -0.143. The fourth-order valence-corrected chi connectivity index (χ4v) is 2.33. The van der Waals surface area contributed by atoms with Crippen LogP contribution in [-0.2, 0) is 21.9 Å². The van der Waals surface area contributed by atoms with Crippen LogP contribution in [0.15, 0.2) is 42.6 Å². The first-order valence-electron chi connectivity index (χ1n) is 8.27. The Bertz CT molecular complexity index is 832. The molecule has 0 saturated heterocycles. The lowest BCUT2D eigenvalue weighted by Crippen LogP contribution is -2.12. The van der Waals surface area contributed by atoms with Gasteiger partial charge in [-0.1, -0.05) is 6.92 Å². The van der Waals surface area contributed by atoms with Crippen LogP contribution in [0.1, 0.15) is 31.4 Å². The zero-order valence-electron chi connectivity index (χ0n) is 14.9. The number of alkyl halides is 6. The molecule has 0 amide bonds. The quantitative estimate of drug-likeness (QED) is 0.347. The summed E-state index contributed by atoms with van der Waals surface area (Å²) in [6.45, 7) is 3.51. The maximum absolute atomic E-state index is 13.0. The van der Waals surface area contributed by atoms with Gasteiger partial charge in [0.1, 0.15) is 0 Å². The molecule has 1 unspecified atom stereocenters. The molecule has 3 nitrogen and oxygen atoms in total. The van der Waals surface area contributed by atoms with Crippen LogP contribution >= 0.6 is 0 Å². The minimum atomic E-state index is -4.94. The van der Waals surface area contributed by atoms with Crippen molar-refractivity contribution in [2.24, 2.45) is 0 Å². The molecule has 0 N–H and O–H groups in total. The van der Waals surface area contributed by atoms with Gasteiger partial charge in [0.25, 0.3) is 0 Å². The van der Waals surface area contributed by atoms with Crippen LogP contribution < -0.4 is 0 Å². The average molecular weight is 405 g/mol. The topological polar surface area (TPSA) is 31.2 Å². The number of esters is 1. The molecule has 0 fully saturated rings. The fraction of sp³-hybridized carbons (Fsp3) is 0.316. The Morgan fingerprint density at radius 2 is 1.68 bits per heavy atom. The van der Waals surface area contributed by atoms with E-state index in [1.807, 2.05) is 6.92 Å². The van der Waals surface area contributed by atoms with E-state index >= 15 is 0 Å². The lowest BCUT2D eigenvalue weighted by Gasteiger charge is -2.15. The summed E-state index contributed by atoms with van der Waals surface area (Å²) in [5.41, 5.74) is -3.05. The van der Waals surface area contributed by atoms with Crippen molar-refractivity contribution in [1.82, 2.24) is 4.57 Å². The SMILES string of the molecule is CCC(C)OC(=O)/C=C\n1cccc1-c1cc(C(F)(F)F)cc(C(F)(F)F)c1. The first kappa shape index (κ1) is 21.6. The Morgan fingerprint density at radius 3 is 2.18 bits per heavy atom. The van der Waals surface area contributed by atoms with E-state index in [1.54, 1.807) is 6.92 Å². The number of aromatic nitrogens is 1. The molecule has 0 aliphatic rings. The lowest BCUT2D eigenvalue weighted by atomic mass is 10.0. The van der Waals surface area contributed by atoms with Crippen molar-refractivity contribution in [3.8, 4) is 11.3 Å². The molecule has 2 aromatic rings. The zero-order chi connectivity index (χ0) is 21.1. The summed E-state index contributed by atoms with van der Waals surface area (Å²) in [6, 6.07) is 4.11. The monoisotopic (exact) mass is 405 g/mol.